The molecule has 2 aromatic rings. The number of nitrogens with zero attached hydrogens (tertiary/aromatic N) is 1. The highest BCUT2D eigenvalue weighted by molar-refractivity contribution is 5.81. The van der Waals surface area contributed by atoms with Crippen molar-refractivity contribution in [3.05, 3.63) is 59.7 Å². The second-order valence-electron chi connectivity index (χ2n) is 9.61. The molecule has 0 aromatic heterocycles. The molecule has 0 spiro atoms. The quantitative estimate of drug-likeness (QED) is 0.569. The van der Waals surface area contributed by atoms with Gasteiger partial charge < -0.3 is 20.1 Å². The maximum Gasteiger partial charge on any atom is 0.407 e. The summed E-state index contributed by atoms with van der Waals surface area (Å²) in [4.78, 5) is 37.9. The second kappa shape index (κ2) is 9.87. The van der Waals surface area contributed by atoms with Gasteiger partial charge in [-0.25, -0.2) is 4.79 Å². The van der Waals surface area contributed by atoms with E-state index in [4.69, 9.17) is 4.74 Å². The Balaban J connectivity index is 1.18. The Bertz CT molecular complexity index is 1040. The van der Waals surface area contributed by atoms with Gasteiger partial charge in [-0.1, -0.05) is 55.5 Å². The number of fused-ring (bicyclic) bond motifs is 3. The molecule has 34 heavy (non-hydrogen) atoms. The van der Waals surface area contributed by atoms with E-state index in [9.17, 15) is 19.5 Å². The van der Waals surface area contributed by atoms with Crippen molar-refractivity contribution < 1.29 is 24.2 Å². The Hall–Kier alpha value is -3.35. The van der Waals surface area contributed by atoms with Gasteiger partial charge in [0, 0.05) is 32.0 Å². The Kier molecular flexibility index (Phi) is 6.91. The van der Waals surface area contributed by atoms with Gasteiger partial charge >= 0.3 is 12.1 Å². The summed E-state index contributed by atoms with van der Waals surface area (Å²) >= 11 is 0. The SMILES string of the molecule is C[C@H]1CN(C(=O)CCCCNC(=O)OCC2c3ccccc3-c3ccccc32)C[C@]1(C)C(=O)O. The fourth-order valence-corrected chi connectivity index (χ4v) is 5.02. The van der Waals surface area contributed by atoms with E-state index >= 15 is 0 Å². The number of hydrogen-bond acceptors (Lipinski definition) is 4. The van der Waals surface area contributed by atoms with E-state index in [1.165, 1.54) is 22.3 Å². The Labute approximate surface area is 200 Å². The van der Waals surface area contributed by atoms with Crippen LogP contribution in [-0.2, 0) is 14.3 Å². The fourth-order valence-electron chi connectivity index (χ4n) is 5.02. The molecule has 2 amide bonds. The number of likely N-dealkylation sites (tertiary alicyclic amines) is 1. The molecule has 0 unspecified atom stereocenters. The molecule has 1 aliphatic heterocycles. The lowest BCUT2D eigenvalue weighted by molar-refractivity contribution is -0.149. The number of carbonyl (C=O) groups is 3. The number of carboxylic acids is 1. The number of nitrogens with one attached hydrogen (secondary N) is 1. The lowest BCUT2D eigenvalue weighted by Crippen LogP contribution is -2.36. The van der Waals surface area contributed by atoms with Crippen molar-refractivity contribution in [2.75, 3.05) is 26.2 Å². The summed E-state index contributed by atoms with van der Waals surface area (Å²) in [6.45, 7) is 4.99. The molecule has 7 heteroatoms. The van der Waals surface area contributed by atoms with Crippen LogP contribution < -0.4 is 5.32 Å². The molecule has 0 bridgehead atoms. The van der Waals surface area contributed by atoms with Gasteiger partial charge in [-0.3, -0.25) is 9.59 Å². The maximum atomic E-state index is 12.5. The molecule has 2 atom stereocenters. The molecule has 1 heterocycles. The minimum Gasteiger partial charge on any atom is -0.481 e. The third-order valence-corrected chi connectivity index (χ3v) is 7.37. The summed E-state index contributed by atoms with van der Waals surface area (Å²) in [5.41, 5.74) is 3.83. The molecule has 4 rings (SSSR count). The van der Waals surface area contributed by atoms with E-state index in [1.807, 2.05) is 31.2 Å². The van der Waals surface area contributed by atoms with Crippen LogP contribution in [0.3, 0.4) is 0 Å². The van der Waals surface area contributed by atoms with E-state index in [1.54, 1.807) is 11.8 Å². The van der Waals surface area contributed by atoms with Crippen LogP contribution in [0.5, 0.6) is 0 Å². The largest absolute Gasteiger partial charge is 0.481 e. The second-order valence-corrected chi connectivity index (χ2v) is 9.61. The first-order valence-electron chi connectivity index (χ1n) is 11.9. The first kappa shape index (κ1) is 23.8. The van der Waals surface area contributed by atoms with E-state index in [-0.39, 0.29) is 30.9 Å². The average Bonchev–Trinajstić information content (AvgIpc) is 3.32. The van der Waals surface area contributed by atoms with Gasteiger partial charge in [0.25, 0.3) is 0 Å². The van der Waals surface area contributed by atoms with Crippen LogP contribution in [0.4, 0.5) is 4.79 Å². The van der Waals surface area contributed by atoms with Crippen LogP contribution in [0.1, 0.15) is 50.2 Å². The molecular formula is C27H32N2O5. The Morgan fingerprint density at radius 1 is 1.06 bits per heavy atom. The Morgan fingerprint density at radius 3 is 2.26 bits per heavy atom. The zero-order chi connectivity index (χ0) is 24.3. The normalized spacial score (nSPS) is 21.1. The number of aliphatic carboxylic acids is 1. The minimum atomic E-state index is -0.888. The molecular weight excluding hydrogens is 432 g/mol. The molecule has 2 N–H and O–H groups in total. The van der Waals surface area contributed by atoms with Gasteiger partial charge in [0.2, 0.25) is 5.91 Å². The van der Waals surface area contributed by atoms with Crippen molar-refractivity contribution in [2.45, 2.75) is 39.0 Å². The smallest absolute Gasteiger partial charge is 0.407 e. The number of amides is 2. The summed E-state index contributed by atoms with van der Waals surface area (Å²) in [5.74, 6) is -0.945. The number of carbonyl (C=O) groups excluding carboxylic acids is 2. The summed E-state index contributed by atoms with van der Waals surface area (Å²) in [5, 5.41) is 12.2. The zero-order valence-corrected chi connectivity index (χ0v) is 19.8. The topological polar surface area (TPSA) is 95.9 Å². The number of ether oxygens (including phenoxy) is 1. The lowest BCUT2D eigenvalue weighted by atomic mass is 9.81. The fraction of sp³-hybridized carbons (Fsp3) is 0.444. The molecule has 1 saturated heterocycles. The molecule has 7 nitrogen and oxygen atoms in total. The van der Waals surface area contributed by atoms with E-state index in [0.717, 1.165) is 0 Å². The van der Waals surface area contributed by atoms with Crippen molar-refractivity contribution in [3.63, 3.8) is 0 Å². The van der Waals surface area contributed by atoms with Crippen molar-refractivity contribution in [1.82, 2.24) is 10.2 Å². The molecule has 2 aliphatic rings. The average molecular weight is 465 g/mol. The highest BCUT2D eigenvalue weighted by Gasteiger charge is 2.47. The number of unbranched alkanes of at least 4 members (excludes halogenated alkanes) is 1. The van der Waals surface area contributed by atoms with Crippen molar-refractivity contribution in [2.24, 2.45) is 11.3 Å². The minimum absolute atomic E-state index is 0.0233. The lowest BCUT2D eigenvalue weighted by Gasteiger charge is -2.22. The predicted octanol–water partition coefficient (Wildman–Crippen LogP) is 4.26. The van der Waals surface area contributed by atoms with Gasteiger partial charge in [-0.15, -0.1) is 0 Å². The number of alkyl carbamates (subject to hydrolysis) is 1. The van der Waals surface area contributed by atoms with Crippen LogP contribution in [0, 0.1) is 11.3 Å². The van der Waals surface area contributed by atoms with Crippen LogP contribution in [0.25, 0.3) is 11.1 Å². The number of carboxylic acid groups (broad SMARTS) is 1. The van der Waals surface area contributed by atoms with Crippen LogP contribution in [-0.4, -0.2) is 54.2 Å². The van der Waals surface area contributed by atoms with Crippen LogP contribution in [0.15, 0.2) is 48.5 Å². The van der Waals surface area contributed by atoms with Gasteiger partial charge in [0.1, 0.15) is 6.61 Å². The molecule has 1 aliphatic carbocycles. The summed E-state index contributed by atoms with van der Waals surface area (Å²) in [7, 11) is 0. The zero-order valence-electron chi connectivity index (χ0n) is 19.8. The van der Waals surface area contributed by atoms with Gasteiger partial charge in [0.15, 0.2) is 0 Å². The number of rotatable bonds is 8. The van der Waals surface area contributed by atoms with Crippen molar-refractivity contribution in [1.29, 1.82) is 0 Å². The highest BCUT2D eigenvalue weighted by atomic mass is 16.5. The van der Waals surface area contributed by atoms with Crippen LogP contribution in [0.2, 0.25) is 0 Å². The number of hydrogen-bond donors (Lipinski definition) is 2. The summed E-state index contributed by atoms with van der Waals surface area (Å²) in [6.07, 6.45) is 1.15. The van der Waals surface area contributed by atoms with Gasteiger partial charge in [-0.05, 0) is 47.9 Å². The molecule has 180 valence electrons. The van der Waals surface area contributed by atoms with Crippen molar-refractivity contribution >= 4 is 18.0 Å². The molecule has 0 radical (unpaired) electrons. The van der Waals surface area contributed by atoms with Gasteiger partial charge in [0.05, 0.1) is 5.41 Å². The van der Waals surface area contributed by atoms with E-state index < -0.39 is 17.5 Å². The third kappa shape index (κ3) is 4.65. The molecule has 2 aromatic carbocycles. The Morgan fingerprint density at radius 2 is 1.68 bits per heavy atom. The highest BCUT2D eigenvalue weighted by Crippen LogP contribution is 2.44. The predicted molar refractivity (Wildman–Crippen MR) is 128 cm³/mol. The monoisotopic (exact) mass is 464 g/mol. The standard InChI is InChI=1S/C27H32N2O5/c1-18-15-29(17-27(18,2)25(31)32)24(30)13-7-8-14-28-26(33)34-16-23-21-11-5-3-9-19(21)20-10-4-6-12-22(20)23/h3-6,9-12,18,23H,7-8,13-17H2,1-2H3,(H,28,33)(H,31,32)/t18-,27-/m0/s1. The molecule has 0 saturated carbocycles. The van der Waals surface area contributed by atoms with Crippen LogP contribution >= 0.6 is 0 Å². The summed E-state index contributed by atoms with van der Waals surface area (Å²) in [6, 6.07) is 16.4. The molecule has 1 fully saturated rings. The van der Waals surface area contributed by atoms with E-state index in [0.29, 0.717) is 32.4 Å². The first-order chi connectivity index (χ1) is 16.3. The number of benzene rings is 2. The van der Waals surface area contributed by atoms with Gasteiger partial charge in [-0.2, -0.15) is 0 Å². The third-order valence-electron chi connectivity index (χ3n) is 7.37. The summed E-state index contributed by atoms with van der Waals surface area (Å²) < 4.78 is 5.52. The van der Waals surface area contributed by atoms with E-state index in [2.05, 4.69) is 29.6 Å². The van der Waals surface area contributed by atoms with Crippen molar-refractivity contribution in [3.8, 4) is 11.1 Å². The first-order valence-corrected chi connectivity index (χ1v) is 11.9. The maximum absolute atomic E-state index is 12.5.